The van der Waals surface area contributed by atoms with Crippen LogP contribution in [0, 0.1) is 0 Å². The molecule has 0 unspecified atom stereocenters. The van der Waals surface area contributed by atoms with Crippen LogP contribution in [0.15, 0.2) is 58.2 Å². The van der Waals surface area contributed by atoms with Gasteiger partial charge >= 0.3 is 0 Å². The third kappa shape index (κ3) is 4.39. The number of nitrogens with one attached hydrogen (secondary N) is 1. The van der Waals surface area contributed by atoms with Gasteiger partial charge in [-0.3, -0.25) is 0 Å². The highest BCUT2D eigenvalue weighted by Crippen LogP contribution is 2.18. The van der Waals surface area contributed by atoms with Crippen molar-refractivity contribution in [3.8, 4) is 5.75 Å². The van der Waals surface area contributed by atoms with Crippen molar-refractivity contribution in [3.63, 3.8) is 0 Å². The highest BCUT2D eigenvalue weighted by Gasteiger charge is 2.15. The number of aromatic nitrogens is 2. The van der Waals surface area contributed by atoms with Gasteiger partial charge in [-0.1, -0.05) is 0 Å². The molecule has 3 rings (SSSR count). The zero-order valence-electron chi connectivity index (χ0n) is 13.8. The third-order valence-electron chi connectivity index (χ3n) is 3.41. The van der Waals surface area contributed by atoms with Crippen LogP contribution in [0.4, 0.5) is 0 Å². The summed E-state index contributed by atoms with van der Waals surface area (Å²) in [5.74, 6) is 0.639. The summed E-state index contributed by atoms with van der Waals surface area (Å²) in [6.07, 6.45) is 3.70. The molecule has 2 aromatic heterocycles. The number of hydrogen-bond donors (Lipinski definition) is 1. The zero-order valence-corrected chi connectivity index (χ0v) is 16.2. The quantitative estimate of drug-likeness (QED) is 0.659. The lowest BCUT2D eigenvalue weighted by molar-refractivity contribution is 0.242. The van der Waals surface area contributed by atoms with Gasteiger partial charge in [0.25, 0.3) is 0 Å². The minimum atomic E-state index is -3.61. The number of halogens is 1. The molecule has 132 valence electrons. The number of nitrogens with zero attached hydrogens (tertiary/aromatic N) is 2. The van der Waals surface area contributed by atoms with E-state index in [1.807, 2.05) is 36.6 Å². The fourth-order valence-corrected chi connectivity index (χ4v) is 3.68. The molecule has 0 fully saturated rings. The second-order valence-corrected chi connectivity index (χ2v) is 8.49. The standard InChI is InChI=1S/C17H18BrN3O3S/c1-12(2)24-15-4-6-16(7-5-15)25(22,23)19-9-14-11-21-10-13(18)3-8-17(21)20-14/h3-8,10-12,19H,9H2,1-2H3. The molecule has 0 aliphatic rings. The lowest BCUT2D eigenvalue weighted by Gasteiger charge is -2.10. The molecule has 1 N–H and O–H groups in total. The first-order valence-electron chi connectivity index (χ1n) is 7.73. The van der Waals surface area contributed by atoms with Gasteiger partial charge in [-0.15, -0.1) is 0 Å². The molecule has 0 radical (unpaired) electrons. The molecule has 2 heterocycles. The van der Waals surface area contributed by atoms with Crippen LogP contribution in [0.3, 0.4) is 0 Å². The predicted octanol–water partition coefficient (Wildman–Crippen LogP) is 3.36. The Labute approximate surface area is 155 Å². The Morgan fingerprint density at radius 1 is 1.16 bits per heavy atom. The van der Waals surface area contributed by atoms with Crippen LogP contribution >= 0.6 is 15.9 Å². The monoisotopic (exact) mass is 423 g/mol. The Kier molecular flexibility index (Phi) is 5.12. The van der Waals surface area contributed by atoms with E-state index in [0.29, 0.717) is 11.4 Å². The van der Waals surface area contributed by atoms with Gasteiger partial charge in [0, 0.05) is 16.9 Å². The molecule has 8 heteroatoms. The Bertz CT molecular complexity index is 982. The summed E-state index contributed by atoms with van der Waals surface area (Å²) in [6, 6.07) is 10.1. The van der Waals surface area contributed by atoms with Crippen LogP contribution in [0.2, 0.25) is 0 Å². The molecular weight excluding hydrogens is 406 g/mol. The highest BCUT2D eigenvalue weighted by molar-refractivity contribution is 9.10. The van der Waals surface area contributed by atoms with E-state index < -0.39 is 10.0 Å². The fourth-order valence-electron chi connectivity index (χ4n) is 2.32. The molecule has 25 heavy (non-hydrogen) atoms. The second kappa shape index (κ2) is 7.15. The number of sulfonamides is 1. The zero-order chi connectivity index (χ0) is 18.0. The maximum atomic E-state index is 12.4. The highest BCUT2D eigenvalue weighted by atomic mass is 79.9. The average Bonchev–Trinajstić information content (AvgIpc) is 2.95. The average molecular weight is 424 g/mol. The van der Waals surface area contributed by atoms with E-state index in [-0.39, 0.29) is 17.5 Å². The van der Waals surface area contributed by atoms with Crippen LogP contribution in [0.1, 0.15) is 19.5 Å². The number of pyridine rings is 1. The number of fused-ring (bicyclic) bond motifs is 1. The molecule has 0 aliphatic heterocycles. The van der Waals surface area contributed by atoms with Crippen molar-refractivity contribution < 1.29 is 13.2 Å². The van der Waals surface area contributed by atoms with Gasteiger partial charge in [0.05, 0.1) is 23.2 Å². The van der Waals surface area contributed by atoms with E-state index in [0.717, 1.165) is 10.1 Å². The molecule has 0 aliphatic carbocycles. The SMILES string of the molecule is CC(C)Oc1ccc(S(=O)(=O)NCc2cn3cc(Br)ccc3n2)cc1. The Morgan fingerprint density at radius 2 is 1.88 bits per heavy atom. The van der Waals surface area contributed by atoms with E-state index in [9.17, 15) is 8.42 Å². The van der Waals surface area contributed by atoms with Crippen LogP contribution < -0.4 is 9.46 Å². The van der Waals surface area contributed by atoms with Gasteiger partial charge < -0.3 is 9.14 Å². The normalized spacial score (nSPS) is 12.0. The van der Waals surface area contributed by atoms with E-state index in [1.165, 1.54) is 12.1 Å². The smallest absolute Gasteiger partial charge is 0.240 e. The van der Waals surface area contributed by atoms with E-state index in [1.54, 1.807) is 18.3 Å². The summed E-state index contributed by atoms with van der Waals surface area (Å²) in [7, 11) is -3.61. The van der Waals surface area contributed by atoms with Crippen molar-refractivity contribution in [2.24, 2.45) is 0 Å². The molecule has 0 atom stereocenters. The number of benzene rings is 1. The molecular formula is C17H18BrN3O3S. The Morgan fingerprint density at radius 3 is 2.56 bits per heavy atom. The van der Waals surface area contributed by atoms with Gasteiger partial charge in [0.1, 0.15) is 11.4 Å². The first kappa shape index (κ1) is 17.9. The third-order valence-corrected chi connectivity index (χ3v) is 5.30. The molecule has 3 aromatic rings. The molecule has 0 spiro atoms. The molecule has 0 saturated carbocycles. The lowest BCUT2D eigenvalue weighted by atomic mass is 10.3. The van der Waals surface area contributed by atoms with E-state index >= 15 is 0 Å². The maximum absolute atomic E-state index is 12.4. The van der Waals surface area contributed by atoms with Crippen molar-refractivity contribution in [2.45, 2.75) is 31.4 Å². The molecule has 0 saturated heterocycles. The predicted molar refractivity (Wildman–Crippen MR) is 99.1 cm³/mol. The molecule has 1 aromatic carbocycles. The van der Waals surface area contributed by atoms with Gasteiger partial charge in [-0.25, -0.2) is 18.1 Å². The summed E-state index contributed by atoms with van der Waals surface area (Å²) in [4.78, 5) is 4.58. The van der Waals surface area contributed by atoms with Crippen molar-refractivity contribution >= 4 is 31.6 Å². The summed E-state index contributed by atoms with van der Waals surface area (Å²) in [5, 5.41) is 0. The van der Waals surface area contributed by atoms with Crippen LogP contribution in [-0.4, -0.2) is 23.9 Å². The summed E-state index contributed by atoms with van der Waals surface area (Å²) in [5.41, 5.74) is 1.40. The second-order valence-electron chi connectivity index (χ2n) is 5.81. The molecule has 0 amide bonds. The van der Waals surface area contributed by atoms with Crippen molar-refractivity contribution in [1.29, 1.82) is 0 Å². The number of ether oxygens (including phenoxy) is 1. The number of hydrogen-bond acceptors (Lipinski definition) is 4. The van der Waals surface area contributed by atoms with Crippen molar-refractivity contribution in [3.05, 3.63) is 59.0 Å². The van der Waals surface area contributed by atoms with Gasteiger partial charge in [-0.05, 0) is 66.2 Å². The van der Waals surface area contributed by atoms with Crippen LogP contribution in [-0.2, 0) is 16.6 Å². The van der Waals surface area contributed by atoms with Crippen LogP contribution in [0.25, 0.3) is 5.65 Å². The van der Waals surface area contributed by atoms with E-state index in [2.05, 4.69) is 25.6 Å². The summed E-state index contributed by atoms with van der Waals surface area (Å²) < 4.78 is 35.7. The maximum Gasteiger partial charge on any atom is 0.240 e. The summed E-state index contributed by atoms with van der Waals surface area (Å²) >= 11 is 3.39. The van der Waals surface area contributed by atoms with Gasteiger partial charge in [-0.2, -0.15) is 0 Å². The molecule has 0 bridgehead atoms. The van der Waals surface area contributed by atoms with Crippen LogP contribution in [0.5, 0.6) is 5.75 Å². The minimum Gasteiger partial charge on any atom is -0.491 e. The Balaban J connectivity index is 1.72. The summed E-state index contributed by atoms with van der Waals surface area (Å²) in [6.45, 7) is 3.95. The fraction of sp³-hybridized carbons (Fsp3) is 0.235. The first-order chi connectivity index (χ1) is 11.8. The number of imidazole rings is 1. The van der Waals surface area contributed by atoms with E-state index in [4.69, 9.17) is 4.74 Å². The van der Waals surface area contributed by atoms with Gasteiger partial charge in [0.2, 0.25) is 10.0 Å². The van der Waals surface area contributed by atoms with Gasteiger partial charge in [0.15, 0.2) is 0 Å². The van der Waals surface area contributed by atoms with Crippen molar-refractivity contribution in [1.82, 2.24) is 14.1 Å². The van der Waals surface area contributed by atoms with Crippen molar-refractivity contribution in [2.75, 3.05) is 0 Å². The lowest BCUT2D eigenvalue weighted by Crippen LogP contribution is -2.23. The topological polar surface area (TPSA) is 72.7 Å². The number of rotatable bonds is 6. The molecule has 6 nitrogen and oxygen atoms in total. The Hall–Kier alpha value is -1.90. The largest absolute Gasteiger partial charge is 0.491 e. The first-order valence-corrected chi connectivity index (χ1v) is 10.0. The minimum absolute atomic E-state index is 0.0377.